The Morgan fingerprint density at radius 2 is 1.76 bits per heavy atom. The first-order valence-electron chi connectivity index (χ1n) is 11.3. The van der Waals surface area contributed by atoms with Gasteiger partial charge in [0.25, 0.3) is 5.91 Å². The van der Waals surface area contributed by atoms with Crippen molar-refractivity contribution in [3.63, 3.8) is 0 Å². The first-order chi connectivity index (χ1) is 18.3. The standard InChI is InChI=1S/C27H21Cl3N2O6/c1-36-18-6-3-16(4-7-18)26-24(27(35)31-10-11-37-22-9-5-17(28)14-21(22)30)25(32-38-26)19-8-2-15(12-20(19)29)13-23(33)34/h2-9,12,14H,10-11,13H2,1H3,(H,31,35)(H,33,34). The molecule has 0 radical (unpaired) electrons. The molecule has 38 heavy (non-hydrogen) atoms. The number of halogens is 3. The molecular formula is C27H21Cl3N2O6. The number of hydrogen-bond acceptors (Lipinski definition) is 6. The van der Waals surface area contributed by atoms with Crippen LogP contribution in [0.4, 0.5) is 0 Å². The molecule has 0 spiro atoms. The lowest BCUT2D eigenvalue weighted by atomic mass is 10.00. The van der Waals surface area contributed by atoms with Crippen LogP contribution in [-0.2, 0) is 11.2 Å². The van der Waals surface area contributed by atoms with Crippen molar-refractivity contribution in [1.29, 1.82) is 0 Å². The average Bonchev–Trinajstić information content (AvgIpc) is 3.32. The lowest BCUT2D eigenvalue weighted by Gasteiger charge is -2.11. The Kier molecular flexibility index (Phi) is 8.78. The molecule has 1 aromatic heterocycles. The summed E-state index contributed by atoms with van der Waals surface area (Å²) in [6, 6.07) is 16.5. The quantitative estimate of drug-likeness (QED) is 0.210. The van der Waals surface area contributed by atoms with Crippen molar-refractivity contribution in [1.82, 2.24) is 10.5 Å². The van der Waals surface area contributed by atoms with Gasteiger partial charge < -0.3 is 24.4 Å². The third-order valence-electron chi connectivity index (χ3n) is 5.45. The number of nitrogens with one attached hydrogen (secondary N) is 1. The first kappa shape index (κ1) is 27.3. The van der Waals surface area contributed by atoms with Crippen LogP contribution in [0.15, 0.2) is 65.2 Å². The van der Waals surface area contributed by atoms with E-state index >= 15 is 0 Å². The van der Waals surface area contributed by atoms with E-state index in [4.69, 9.17) is 53.9 Å². The van der Waals surface area contributed by atoms with E-state index in [1.807, 2.05) is 0 Å². The number of aliphatic carboxylic acids is 1. The number of methoxy groups -OCH3 is 1. The Hall–Kier alpha value is -3.72. The van der Waals surface area contributed by atoms with E-state index in [2.05, 4.69) is 10.5 Å². The second-order valence-electron chi connectivity index (χ2n) is 8.03. The zero-order valence-corrected chi connectivity index (χ0v) is 22.2. The summed E-state index contributed by atoms with van der Waals surface area (Å²) in [5, 5.41) is 17.1. The van der Waals surface area contributed by atoms with Gasteiger partial charge in [-0.3, -0.25) is 9.59 Å². The molecule has 4 aromatic rings. The summed E-state index contributed by atoms with van der Waals surface area (Å²) < 4.78 is 16.5. The van der Waals surface area contributed by atoms with Gasteiger partial charge >= 0.3 is 5.97 Å². The highest BCUT2D eigenvalue weighted by atomic mass is 35.5. The summed E-state index contributed by atoms with van der Waals surface area (Å²) in [6.07, 6.45) is -0.194. The van der Waals surface area contributed by atoms with Gasteiger partial charge in [-0.05, 0) is 54.1 Å². The Morgan fingerprint density at radius 1 is 1.00 bits per heavy atom. The molecule has 2 N–H and O–H groups in total. The number of amides is 1. The van der Waals surface area contributed by atoms with Gasteiger partial charge in [-0.15, -0.1) is 0 Å². The average molecular weight is 576 g/mol. The van der Waals surface area contributed by atoms with Gasteiger partial charge in [0.2, 0.25) is 0 Å². The van der Waals surface area contributed by atoms with Gasteiger partial charge in [-0.1, -0.05) is 52.1 Å². The lowest BCUT2D eigenvalue weighted by Crippen LogP contribution is -2.28. The smallest absolute Gasteiger partial charge is 0.307 e. The number of carbonyl (C=O) groups is 2. The van der Waals surface area contributed by atoms with Crippen LogP contribution in [-0.4, -0.2) is 42.4 Å². The van der Waals surface area contributed by atoms with E-state index in [1.165, 1.54) is 6.07 Å². The molecular weight excluding hydrogens is 555 g/mol. The van der Waals surface area contributed by atoms with Crippen LogP contribution in [0.25, 0.3) is 22.6 Å². The van der Waals surface area contributed by atoms with Crippen LogP contribution in [0.2, 0.25) is 15.1 Å². The molecule has 0 fully saturated rings. The van der Waals surface area contributed by atoms with Crippen molar-refractivity contribution in [2.75, 3.05) is 20.3 Å². The van der Waals surface area contributed by atoms with Gasteiger partial charge in [0.05, 0.1) is 30.1 Å². The molecule has 0 atom stereocenters. The highest BCUT2D eigenvalue weighted by molar-refractivity contribution is 6.35. The van der Waals surface area contributed by atoms with Crippen LogP contribution in [0.3, 0.4) is 0 Å². The van der Waals surface area contributed by atoms with Gasteiger partial charge in [0.1, 0.15) is 29.4 Å². The van der Waals surface area contributed by atoms with Crippen LogP contribution in [0.5, 0.6) is 11.5 Å². The lowest BCUT2D eigenvalue weighted by molar-refractivity contribution is -0.136. The number of hydrogen-bond donors (Lipinski definition) is 2. The van der Waals surface area contributed by atoms with Crippen LogP contribution in [0, 0.1) is 0 Å². The predicted octanol–water partition coefficient (Wildman–Crippen LogP) is 6.41. The van der Waals surface area contributed by atoms with Crippen LogP contribution >= 0.6 is 34.8 Å². The summed E-state index contributed by atoms with van der Waals surface area (Å²) in [4.78, 5) is 24.5. The predicted molar refractivity (Wildman–Crippen MR) is 145 cm³/mol. The minimum Gasteiger partial charge on any atom is -0.497 e. The number of carboxylic acids is 1. The van der Waals surface area contributed by atoms with Gasteiger partial charge in [0.15, 0.2) is 5.76 Å². The largest absolute Gasteiger partial charge is 0.497 e. The van der Waals surface area contributed by atoms with E-state index < -0.39 is 11.9 Å². The highest BCUT2D eigenvalue weighted by Crippen LogP contribution is 2.36. The maximum absolute atomic E-state index is 13.4. The van der Waals surface area contributed by atoms with E-state index in [0.29, 0.717) is 38.2 Å². The Labute approximate surface area is 233 Å². The molecule has 0 bridgehead atoms. The molecule has 196 valence electrons. The number of benzene rings is 3. The molecule has 8 nitrogen and oxygen atoms in total. The third-order valence-corrected chi connectivity index (χ3v) is 6.30. The zero-order chi connectivity index (χ0) is 27.2. The normalized spacial score (nSPS) is 10.7. The number of carboxylic acid groups (broad SMARTS) is 1. The van der Waals surface area contributed by atoms with Crippen molar-refractivity contribution in [2.24, 2.45) is 0 Å². The van der Waals surface area contributed by atoms with E-state index in [0.717, 1.165) is 0 Å². The maximum Gasteiger partial charge on any atom is 0.307 e. The molecule has 1 amide bonds. The number of ether oxygens (including phenoxy) is 2. The molecule has 0 aliphatic rings. The van der Waals surface area contributed by atoms with Crippen LogP contribution < -0.4 is 14.8 Å². The van der Waals surface area contributed by atoms with E-state index in [-0.39, 0.29) is 41.6 Å². The minimum absolute atomic E-state index is 0.135. The fourth-order valence-electron chi connectivity index (χ4n) is 3.67. The monoisotopic (exact) mass is 574 g/mol. The number of rotatable bonds is 10. The fourth-order valence-corrected chi connectivity index (χ4v) is 4.42. The highest BCUT2D eigenvalue weighted by Gasteiger charge is 2.26. The SMILES string of the molecule is COc1ccc(-c2onc(-c3ccc(CC(=O)O)cc3Cl)c2C(=O)NCCOc2ccc(Cl)cc2Cl)cc1. The summed E-state index contributed by atoms with van der Waals surface area (Å²) >= 11 is 18.5. The molecule has 3 aromatic carbocycles. The molecule has 11 heteroatoms. The second kappa shape index (κ2) is 12.2. The van der Waals surface area contributed by atoms with Crippen molar-refractivity contribution < 1.29 is 28.7 Å². The van der Waals surface area contributed by atoms with Crippen molar-refractivity contribution >= 4 is 46.7 Å². The molecule has 0 saturated carbocycles. The molecule has 0 saturated heterocycles. The number of nitrogens with zero attached hydrogens (tertiary/aromatic N) is 1. The Balaban J connectivity index is 1.61. The van der Waals surface area contributed by atoms with Crippen LogP contribution in [0.1, 0.15) is 15.9 Å². The van der Waals surface area contributed by atoms with Crippen molar-refractivity contribution in [3.8, 4) is 34.1 Å². The topological polar surface area (TPSA) is 111 Å². The molecule has 0 unspecified atom stereocenters. The third kappa shape index (κ3) is 6.39. The summed E-state index contributed by atoms with van der Waals surface area (Å²) in [6.45, 7) is 0.284. The minimum atomic E-state index is -0.987. The zero-order valence-electron chi connectivity index (χ0n) is 20.0. The molecule has 0 aliphatic heterocycles. The number of aromatic nitrogens is 1. The Bertz CT molecular complexity index is 1470. The first-order valence-corrected chi connectivity index (χ1v) is 12.4. The maximum atomic E-state index is 13.4. The van der Waals surface area contributed by atoms with Gasteiger partial charge in [-0.25, -0.2) is 0 Å². The van der Waals surface area contributed by atoms with Crippen molar-refractivity contribution in [2.45, 2.75) is 6.42 Å². The number of carbonyl (C=O) groups excluding carboxylic acids is 1. The Morgan fingerprint density at radius 3 is 2.42 bits per heavy atom. The summed E-state index contributed by atoms with van der Waals surface area (Å²) in [5.74, 6) is -0.159. The molecule has 1 heterocycles. The summed E-state index contributed by atoms with van der Waals surface area (Å²) in [7, 11) is 1.55. The van der Waals surface area contributed by atoms with E-state index in [9.17, 15) is 9.59 Å². The second-order valence-corrected chi connectivity index (χ2v) is 9.28. The van der Waals surface area contributed by atoms with Crippen molar-refractivity contribution in [3.05, 3.63) is 86.9 Å². The summed E-state index contributed by atoms with van der Waals surface area (Å²) in [5.41, 5.74) is 1.89. The molecule has 0 aliphatic carbocycles. The van der Waals surface area contributed by atoms with E-state index in [1.54, 1.807) is 61.7 Å². The molecule has 4 rings (SSSR count). The van der Waals surface area contributed by atoms with Gasteiger partial charge in [0, 0.05) is 16.1 Å². The fraction of sp³-hybridized carbons (Fsp3) is 0.148. The van der Waals surface area contributed by atoms with Gasteiger partial charge in [-0.2, -0.15) is 0 Å².